The Bertz CT molecular complexity index is 819. The molecule has 0 spiro atoms. The van der Waals surface area contributed by atoms with E-state index in [0.717, 1.165) is 61.9 Å². The number of hydrogen-bond donors (Lipinski definition) is 1. The lowest BCUT2D eigenvalue weighted by Crippen LogP contribution is -2.44. The molecule has 152 valence electrons. The number of likely N-dealkylation sites (tertiary alicyclic amines) is 1. The molecule has 2 heterocycles. The fourth-order valence-corrected chi connectivity index (χ4v) is 4.80. The highest BCUT2D eigenvalue weighted by molar-refractivity contribution is 5.82. The van der Waals surface area contributed by atoms with Gasteiger partial charge in [-0.15, -0.1) is 0 Å². The van der Waals surface area contributed by atoms with Gasteiger partial charge in [-0.1, -0.05) is 19.3 Å². The van der Waals surface area contributed by atoms with Gasteiger partial charge >= 0.3 is 0 Å². The maximum atomic E-state index is 13.7. The number of halogens is 1. The van der Waals surface area contributed by atoms with Crippen LogP contribution in [0.2, 0.25) is 0 Å². The summed E-state index contributed by atoms with van der Waals surface area (Å²) in [6.07, 6.45) is 8.00. The molecular weight excluding hydrogens is 355 g/mol. The van der Waals surface area contributed by atoms with Gasteiger partial charge < -0.3 is 5.32 Å². The van der Waals surface area contributed by atoms with E-state index in [1.807, 2.05) is 17.7 Å². The Morgan fingerprint density at radius 1 is 1.18 bits per heavy atom. The summed E-state index contributed by atoms with van der Waals surface area (Å²) in [6, 6.07) is 5.35. The van der Waals surface area contributed by atoms with Gasteiger partial charge in [0.2, 0.25) is 5.91 Å². The van der Waals surface area contributed by atoms with Crippen molar-refractivity contribution in [3.63, 3.8) is 0 Å². The van der Waals surface area contributed by atoms with Crippen LogP contribution in [-0.2, 0) is 11.3 Å². The molecule has 1 aromatic heterocycles. The molecule has 5 nitrogen and oxygen atoms in total. The van der Waals surface area contributed by atoms with E-state index in [9.17, 15) is 9.18 Å². The van der Waals surface area contributed by atoms with E-state index in [4.69, 9.17) is 5.10 Å². The van der Waals surface area contributed by atoms with E-state index in [2.05, 4.69) is 10.2 Å². The van der Waals surface area contributed by atoms with Crippen LogP contribution in [-0.4, -0.2) is 46.3 Å². The van der Waals surface area contributed by atoms with Gasteiger partial charge in [-0.3, -0.25) is 14.4 Å². The second-order valence-corrected chi connectivity index (χ2v) is 8.32. The topological polar surface area (TPSA) is 50.2 Å². The Labute approximate surface area is 166 Å². The second kappa shape index (κ2) is 8.60. The van der Waals surface area contributed by atoms with Crippen LogP contribution in [0.4, 0.5) is 4.39 Å². The highest BCUT2D eigenvalue weighted by Gasteiger charge is 2.26. The monoisotopic (exact) mass is 386 g/mol. The Balaban J connectivity index is 1.35. The number of carbonyl (C=O) groups excluding carboxylic acids is 1. The molecular formula is C22H31FN4O. The number of carbonyl (C=O) groups is 1. The predicted octanol–water partition coefficient (Wildman–Crippen LogP) is 3.82. The Morgan fingerprint density at radius 2 is 1.93 bits per heavy atom. The molecule has 1 aliphatic heterocycles. The van der Waals surface area contributed by atoms with Gasteiger partial charge in [-0.05, 0) is 63.9 Å². The minimum Gasteiger partial charge on any atom is -0.352 e. The van der Waals surface area contributed by atoms with Crippen molar-refractivity contribution in [2.45, 2.75) is 70.4 Å². The molecule has 4 rings (SSSR count). The van der Waals surface area contributed by atoms with Crippen LogP contribution >= 0.6 is 0 Å². The highest BCUT2D eigenvalue weighted by Crippen LogP contribution is 2.32. The molecule has 0 bridgehead atoms. The number of fused-ring (bicyclic) bond motifs is 1. The van der Waals surface area contributed by atoms with Crippen LogP contribution in [0.25, 0.3) is 10.9 Å². The minimum atomic E-state index is -0.215. The fourth-order valence-electron chi connectivity index (χ4n) is 4.80. The maximum absolute atomic E-state index is 13.7. The van der Waals surface area contributed by atoms with Crippen LogP contribution in [0, 0.1) is 5.82 Å². The molecule has 6 heteroatoms. The minimum absolute atomic E-state index is 0.168. The lowest BCUT2D eigenvalue weighted by molar-refractivity contribution is -0.123. The van der Waals surface area contributed by atoms with Crippen LogP contribution in [0.1, 0.15) is 63.5 Å². The number of nitrogens with one attached hydrogen (secondary N) is 1. The fraction of sp³-hybridized carbons (Fsp3) is 0.636. The molecule has 28 heavy (non-hydrogen) atoms. The first-order valence-corrected chi connectivity index (χ1v) is 10.8. The number of nitrogens with zero attached hydrogens (tertiary/aromatic N) is 3. The molecule has 0 atom stereocenters. The van der Waals surface area contributed by atoms with Gasteiger partial charge in [-0.2, -0.15) is 5.10 Å². The molecule has 1 saturated carbocycles. The summed E-state index contributed by atoms with van der Waals surface area (Å²) in [6.45, 7) is 5.09. The number of aromatic nitrogens is 2. The summed E-state index contributed by atoms with van der Waals surface area (Å²) in [5, 5.41) is 9.07. The van der Waals surface area contributed by atoms with Gasteiger partial charge in [0, 0.05) is 23.9 Å². The quantitative estimate of drug-likeness (QED) is 0.850. The zero-order valence-electron chi connectivity index (χ0n) is 16.8. The van der Waals surface area contributed by atoms with E-state index < -0.39 is 0 Å². The highest BCUT2D eigenvalue weighted by atomic mass is 19.1. The van der Waals surface area contributed by atoms with Gasteiger partial charge in [0.05, 0.1) is 17.8 Å². The van der Waals surface area contributed by atoms with Crippen LogP contribution < -0.4 is 5.32 Å². The van der Waals surface area contributed by atoms with Gasteiger partial charge in [0.25, 0.3) is 0 Å². The number of amides is 1. The molecule has 2 fully saturated rings. The number of piperidine rings is 1. The summed E-state index contributed by atoms with van der Waals surface area (Å²) >= 11 is 0. The lowest BCUT2D eigenvalue weighted by atomic mass is 9.91. The number of aryl methyl sites for hydroxylation is 1. The smallest absolute Gasteiger partial charge is 0.234 e. The normalized spacial score (nSPS) is 19.9. The third kappa shape index (κ3) is 4.22. The third-order valence-corrected chi connectivity index (χ3v) is 6.35. The SMILES string of the molecule is CCn1nc(C2CCN(CC(=O)NC3CCCCC3)CC2)c2ccc(F)cc21. The molecule has 1 aliphatic carbocycles. The first-order chi connectivity index (χ1) is 13.6. The van der Waals surface area contributed by atoms with E-state index >= 15 is 0 Å². The molecule has 1 aromatic carbocycles. The van der Waals surface area contributed by atoms with Crippen molar-refractivity contribution >= 4 is 16.8 Å². The Morgan fingerprint density at radius 3 is 2.64 bits per heavy atom. The lowest BCUT2D eigenvalue weighted by Gasteiger charge is -2.31. The van der Waals surface area contributed by atoms with E-state index in [-0.39, 0.29) is 11.7 Å². The first kappa shape index (κ1) is 19.4. The Kier molecular flexibility index (Phi) is 5.95. The second-order valence-electron chi connectivity index (χ2n) is 8.32. The predicted molar refractivity (Wildman–Crippen MR) is 109 cm³/mol. The standard InChI is InChI=1S/C22H31FN4O/c1-2-27-20-14-17(23)8-9-19(20)22(25-27)16-10-12-26(13-11-16)15-21(28)24-18-6-4-3-5-7-18/h8-9,14,16,18H,2-7,10-13,15H2,1H3,(H,24,28). The number of hydrogen-bond acceptors (Lipinski definition) is 3. The average molecular weight is 387 g/mol. The van der Waals surface area contributed by atoms with E-state index in [1.165, 1.54) is 25.3 Å². The van der Waals surface area contributed by atoms with Crippen LogP contribution in [0.5, 0.6) is 0 Å². The number of benzene rings is 1. The summed E-state index contributed by atoms with van der Waals surface area (Å²) in [5.41, 5.74) is 1.97. The van der Waals surface area contributed by atoms with Gasteiger partial charge in [-0.25, -0.2) is 4.39 Å². The molecule has 1 saturated heterocycles. The largest absolute Gasteiger partial charge is 0.352 e. The summed E-state index contributed by atoms with van der Waals surface area (Å²) in [5.74, 6) is 0.326. The van der Waals surface area contributed by atoms with Crippen LogP contribution in [0.15, 0.2) is 18.2 Å². The average Bonchev–Trinajstić information content (AvgIpc) is 3.07. The molecule has 0 radical (unpaired) electrons. The van der Waals surface area contributed by atoms with Crippen molar-refractivity contribution in [3.05, 3.63) is 29.7 Å². The molecule has 2 aromatic rings. The zero-order chi connectivity index (χ0) is 19.5. The van der Waals surface area contributed by atoms with Crippen molar-refractivity contribution in [1.29, 1.82) is 0 Å². The zero-order valence-corrected chi connectivity index (χ0v) is 16.8. The molecule has 0 unspecified atom stereocenters. The van der Waals surface area contributed by atoms with Crippen molar-refractivity contribution < 1.29 is 9.18 Å². The van der Waals surface area contributed by atoms with Gasteiger partial charge in [0.1, 0.15) is 5.82 Å². The Hall–Kier alpha value is -1.95. The van der Waals surface area contributed by atoms with Crippen molar-refractivity contribution in [2.24, 2.45) is 0 Å². The molecule has 1 N–H and O–H groups in total. The summed E-state index contributed by atoms with van der Waals surface area (Å²) in [7, 11) is 0. The maximum Gasteiger partial charge on any atom is 0.234 e. The third-order valence-electron chi connectivity index (χ3n) is 6.35. The molecule has 1 amide bonds. The summed E-state index contributed by atoms with van der Waals surface area (Å²) in [4.78, 5) is 14.6. The number of rotatable bonds is 5. The van der Waals surface area contributed by atoms with E-state index in [1.54, 1.807) is 6.07 Å². The molecule has 2 aliphatic rings. The van der Waals surface area contributed by atoms with Gasteiger partial charge in [0.15, 0.2) is 0 Å². The van der Waals surface area contributed by atoms with Crippen LogP contribution in [0.3, 0.4) is 0 Å². The van der Waals surface area contributed by atoms with E-state index in [0.29, 0.717) is 18.5 Å². The first-order valence-electron chi connectivity index (χ1n) is 10.8. The van der Waals surface area contributed by atoms with Crippen molar-refractivity contribution in [3.8, 4) is 0 Å². The van der Waals surface area contributed by atoms with Crippen molar-refractivity contribution in [2.75, 3.05) is 19.6 Å². The summed E-state index contributed by atoms with van der Waals surface area (Å²) < 4.78 is 15.6. The van der Waals surface area contributed by atoms with Crippen molar-refractivity contribution in [1.82, 2.24) is 20.0 Å².